The Morgan fingerprint density at radius 3 is 3.06 bits per heavy atom. The van der Waals surface area contributed by atoms with Gasteiger partial charge in [-0.2, -0.15) is 0 Å². The van der Waals surface area contributed by atoms with Crippen LogP contribution in [-0.4, -0.2) is 6.54 Å². The van der Waals surface area contributed by atoms with E-state index in [0.717, 1.165) is 26.1 Å². The van der Waals surface area contributed by atoms with Gasteiger partial charge in [-0.05, 0) is 51.0 Å². The molecule has 0 atom stereocenters. The van der Waals surface area contributed by atoms with Gasteiger partial charge in [0.05, 0.1) is 0 Å². The molecule has 3 rings (SSSR count). The molecule has 0 radical (unpaired) electrons. The van der Waals surface area contributed by atoms with Crippen LogP contribution in [0.4, 0.5) is 5.69 Å². The van der Waals surface area contributed by atoms with Crippen molar-refractivity contribution in [1.82, 2.24) is 5.32 Å². The molecule has 1 aromatic heterocycles. The van der Waals surface area contributed by atoms with Crippen molar-refractivity contribution >= 4 is 33.0 Å². The first-order chi connectivity index (χ1) is 8.83. The quantitative estimate of drug-likeness (QED) is 0.895. The van der Waals surface area contributed by atoms with Crippen LogP contribution in [0.1, 0.15) is 16.0 Å². The van der Waals surface area contributed by atoms with Gasteiger partial charge in [0.2, 0.25) is 0 Å². The Morgan fingerprint density at radius 1 is 1.28 bits per heavy atom. The Labute approximate surface area is 120 Å². The molecule has 2 heterocycles. The number of anilines is 1. The molecule has 2 nitrogen and oxygen atoms in total. The maximum Gasteiger partial charge on any atom is 0.0373 e. The fraction of sp³-hybridized carbons (Fsp3) is 0.286. The molecule has 0 unspecified atom stereocenters. The molecular weight excluding hydrogens is 308 g/mol. The van der Waals surface area contributed by atoms with Crippen molar-refractivity contribution in [3.05, 3.63) is 50.1 Å². The van der Waals surface area contributed by atoms with Gasteiger partial charge < -0.3 is 10.6 Å². The summed E-state index contributed by atoms with van der Waals surface area (Å²) in [7, 11) is 0. The normalized spacial score (nSPS) is 13.4. The zero-order chi connectivity index (χ0) is 12.4. The number of benzene rings is 1. The van der Waals surface area contributed by atoms with E-state index in [1.807, 2.05) is 0 Å². The van der Waals surface area contributed by atoms with E-state index in [0.29, 0.717) is 0 Å². The molecule has 18 heavy (non-hydrogen) atoms. The Morgan fingerprint density at radius 2 is 2.22 bits per heavy atom. The van der Waals surface area contributed by atoms with Crippen LogP contribution in [0, 0.1) is 0 Å². The minimum atomic E-state index is 0.924. The van der Waals surface area contributed by atoms with Crippen molar-refractivity contribution in [2.24, 2.45) is 0 Å². The summed E-state index contributed by atoms with van der Waals surface area (Å²) < 4.78 is 1.21. The Kier molecular flexibility index (Phi) is 3.68. The number of thiophene rings is 1. The lowest BCUT2D eigenvalue weighted by Gasteiger charge is -2.06. The fourth-order valence-corrected chi connectivity index (χ4v) is 3.70. The van der Waals surface area contributed by atoms with Gasteiger partial charge in [-0.25, -0.2) is 0 Å². The van der Waals surface area contributed by atoms with E-state index in [9.17, 15) is 0 Å². The number of rotatable bonds is 4. The van der Waals surface area contributed by atoms with Gasteiger partial charge in [-0.1, -0.05) is 12.1 Å². The number of halogens is 1. The third-order valence-electron chi connectivity index (χ3n) is 3.19. The third-order valence-corrected chi connectivity index (χ3v) is 5.11. The molecule has 0 saturated heterocycles. The van der Waals surface area contributed by atoms with Crippen LogP contribution in [-0.2, 0) is 19.5 Å². The van der Waals surface area contributed by atoms with E-state index in [4.69, 9.17) is 0 Å². The van der Waals surface area contributed by atoms with Gasteiger partial charge in [0.25, 0.3) is 0 Å². The molecule has 1 aromatic carbocycles. The van der Waals surface area contributed by atoms with Crippen molar-refractivity contribution in [3.8, 4) is 0 Å². The Hall–Kier alpha value is -0.840. The van der Waals surface area contributed by atoms with Crippen molar-refractivity contribution in [3.63, 3.8) is 0 Å². The summed E-state index contributed by atoms with van der Waals surface area (Å²) in [5, 5.41) is 9.00. The topological polar surface area (TPSA) is 24.1 Å². The molecule has 0 fully saturated rings. The standard InChI is InChI=1S/C14H15BrN2S/c15-12-4-6-18-14(12)9-16-8-10-1-2-13-11(7-10)3-5-17-13/h1-2,4,6-7,16-17H,3,5,8-9H2. The highest BCUT2D eigenvalue weighted by Crippen LogP contribution is 2.24. The van der Waals surface area contributed by atoms with Crippen molar-refractivity contribution < 1.29 is 0 Å². The number of hydrogen-bond donors (Lipinski definition) is 2. The zero-order valence-electron chi connectivity index (χ0n) is 10.0. The number of hydrogen-bond acceptors (Lipinski definition) is 3. The van der Waals surface area contributed by atoms with Gasteiger partial charge in [0.15, 0.2) is 0 Å². The minimum absolute atomic E-state index is 0.924. The highest BCUT2D eigenvalue weighted by Gasteiger charge is 2.09. The minimum Gasteiger partial charge on any atom is -0.384 e. The zero-order valence-corrected chi connectivity index (χ0v) is 12.4. The average molecular weight is 323 g/mol. The van der Waals surface area contributed by atoms with E-state index in [1.54, 1.807) is 11.3 Å². The summed E-state index contributed by atoms with van der Waals surface area (Å²) in [4.78, 5) is 1.36. The monoisotopic (exact) mass is 322 g/mol. The maximum atomic E-state index is 3.56. The lowest BCUT2D eigenvalue weighted by molar-refractivity contribution is 0.699. The molecule has 0 saturated carbocycles. The lowest BCUT2D eigenvalue weighted by Crippen LogP contribution is -2.12. The van der Waals surface area contributed by atoms with Crippen LogP contribution in [0.25, 0.3) is 0 Å². The molecular formula is C14H15BrN2S. The summed E-state index contributed by atoms with van der Waals surface area (Å²) in [6.07, 6.45) is 1.15. The molecule has 1 aliphatic heterocycles. The van der Waals surface area contributed by atoms with E-state index in [1.165, 1.54) is 26.2 Å². The second kappa shape index (κ2) is 5.43. The SMILES string of the molecule is Brc1ccsc1CNCc1ccc2c(c1)CCN2. The number of nitrogens with one attached hydrogen (secondary N) is 2. The first kappa shape index (κ1) is 12.2. The molecule has 2 aromatic rings. The average Bonchev–Trinajstić information content (AvgIpc) is 2.98. The third kappa shape index (κ3) is 2.60. The predicted octanol–water partition coefficient (Wildman–Crippen LogP) is 3.77. The van der Waals surface area contributed by atoms with Crippen molar-refractivity contribution in [2.45, 2.75) is 19.5 Å². The summed E-state index contributed by atoms with van der Waals surface area (Å²) in [5.74, 6) is 0. The van der Waals surface area contributed by atoms with Crippen LogP contribution in [0.15, 0.2) is 34.1 Å². The van der Waals surface area contributed by atoms with E-state index < -0.39 is 0 Å². The van der Waals surface area contributed by atoms with Gasteiger partial charge in [0.1, 0.15) is 0 Å². The summed E-state index contributed by atoms with van der Waals surface area (Å²) in [6.45, 7) is 2.93. The molecule has 0 aliphatic carbocycles. The van der Waals surface area contributed by atoms with Crippen LogP contribution in [0.5, 0.6) is 0 Å². The smallest absolute Gasteiger partial charge is 0.0373 e. The fourth-order valence-electron chi connectivity index (χ4n) is 2.24. The molecule has 1 aliphatic rings. The molecule has 0 spiro atoms. The largest absolute Gasteiger partial charge is 0.384 e. The van der Waals surface area contributed by atoms with Crippen LogP contribution in [0.3, 0.4) is 0 Å². The van der Waals surface area contributed by atoms with Crippen LogP contribution >= 0.6 is 27.3 Å². The van der Waals surface area contributed by atoms with Crippen LogP contribution < -0.4 is 10.6 Å². The molecule has 0 amide bonds. The van der Waals surface area contributed by atoms with Gasteiger partial charge in [-0.3, -0.25) is 0 Å². The molecule has 94 valence electrons. The Balaban J connectivity index is 1.59. The second-order valence-electron chi connectivity index (χ2n) is 4.46. The first-order valence-corrected chi connectivity index (χ1v) is 7.78. The van der Waals surface area contributed by atoms with Crippen molar-refractivity contribution in [1.29, 1.82) is 0 Å². The van der Waals surface area contributed by atoms with E-state index in [2.05, 4.69) is 56.2 Å². The predicted molar refractivity (Wildman–Crippen MR) is 81.2 cm³/mol. The molecule has 4 heteroatoms. The van der Waals surface area contributed by atoms with Crippen LogP contribution in [0.2, 0.25) is 0 Å². The van der Waals surface area contributed by atoms with E-state index in [-0.39, 0.29) is 0 Å². The van der Waals surface area contributed by atoms with Crippen molar-refractivity contribution in [2.75, 3.05) is 11.9 Å². The van der Waals surface area contributed by atoms with Gasteiger partial charge in [-0.15, -0.1) is 11.3 Å². The second-order valence-corrected chi connectivity index (χ2v) is 6.32. The highest BCUT2D eigenvalue weighted by molar-refractivity contribution is 9.10. The van der Waals surface area contributed by atoms with Gasteiger partial charge in [0, 0.05) is 34.7 Å². The molecule has 2 N–H and O–H groups in total. The van der Waals surface area contributed by atoms with Gasteiger partial charge >= 0.3 is 0 Å². The highest BCUT2D eigenvalue weighted by atomic mass is 79.9. The molecule has 0 bridgehead atoms. The summed E-state index contributed by atoms with van der Waals surface area (Å²) >= 11 is 5.34. The summed E-state index contributed by atoms with van der Waals surface area (Å²) in [6, 6.07) is 8.81. The van der Waals surface area contributed by atoms with E-state index >= 15 is 0 Å². The lowest BCUT2D eigenvalue weighted by atomic mass is 10.1. The summed E-state index contributed by atoms with van der Waals surface area (Å²) in [5.41, 5.74) is 4.12. The maximum absolute atomic E-state index is 3.56. The first-order valence-electron chi connectivity index (χ1n) is 6.11. The Bertz CT molecular complexity index is 550. The number of fused-ring (bicyclic) bond motifs is 1.